The molecule has 0 aliphatic carbocycles. The average molecular weight is 395 g/mol. The first-order chi connectivity index (χ1) is 10.9. The molecule has 136 valence electrons. The lowest BCUT2D eigenvalue weighted by Crippen LogP contribution is -2.35. The second-order valence-electron chi connectivity index (χ2n) is 4.32. The fraction of sp³-hybridized carbons (Fsp3) is 0.364. The van der Waals surface area contributed by atoms with Gasteiger partial charge in [-0.1, -0.05) is 0 Å². The molecule has 0 radical (unpaired) electrons. The van der Waals surface area contributed by atoms with E-state index in [1.54, 1.807) is 0 Å². The third kappa shape index (κ3) is 6.98. The molecule has 1 atom stereocenters. The molecule has 0 spiro atoms. The van der Waals surface area contributed by atoms with Gasteiger partial charge < -0.3 is 10.6 Å². The van der Waals surface area contributed by atoms with E-state index in [1.165, 1.54) is 0 Å². The van der Waals surface area contributed by atoms with Crippen molar-refractivity contribution in [2.75, 3.05) is 18.4 Å². The van der Waals surface area contributed by atoms with Crippen LogP contribution in [0.25, 0.3) is 0 Å². The highest BCUT2D eigenvalue weighted by Crippen LogP contribution is 2.37. The van der Waals surface area contributed by atoms with Crippen molar-refractivity contribution in [3.05, 3.63) is 29.3 Å². The van der Waals surface area contributed by atoms with Gasteiger partial charge in [0, 0.05) is 18.8 Å². The highest BCUT2D eigenvalue weighted by atomic mass is 32.2. The Morgan fingerprint density at radius 1 is 1.04 bits per heavy atom. The topological polar surface area (TPSA) is 73.4 Å². The van der Waals surface area contributed by atoms with Gasteiger partial charge in [-0.05, 0) is 30.4 Å². The van der Waals surface area contributed by atoms with Crippen molar-refractivity contribution in [3.63, 3.8) is 0 Å². The number of alkyl halides is 6. The van der Waals surface area contributed by atoms with Gasteiger partial charge in [-0.2, -0.15) is 26.3 Å². The van der Waals surface area contributed by atoms with E-state index in [0.717, 1.165) is 0 Å². The zero-order valence-corrected chi connectivity index (χ0v) is 13.2. The maximum absolute atomic E-state index is 12.7. The van der Waals surface area contributed by atoms with E-state index in [1.807, 2.05) is 0 Å². The van der Waals surface area contributed by atoms with Gasteiger partial charge in [-0.25, -0.2) is 8.93 Å². The zero-order chi connectivity index (χ0) is 18.5. The Bertz CT molecular complexity index is 589. The Hall–Kier alpha value is -1.44. The molecule has 1 aromatic rings. The molecule has 0 aromatic heterocycles. The SMILES string of the molecule is O=S(O)NCCNC(=S)Nc1cc(C(F)(F)F)cc(C(F)(F)F)c1. The molecule has 0 fully saturated rings. The summed E-state index contributed by atoms with van der Waals surface area (Å²) in [6, 6.07) is 0.983. The highest BCUT2D eigenvalue weighted by Gasteiger charge is 2.36. The third-order valence-corrected chi connectivity index (χ3v) is 3.18. The van der Waals surface area contributed by atoms with Crippen molar-refractivity contribution in [2.24, 2.45) is 0 Å². The molecule has 0 heterocycles. The van der Waals surface area contributed by atoms with Crippen LogP contribution in [0.15, 0.2) is 18.2 Å². The summed E-state index contributed by atoms with van der Waals surface area (Å²) in [5.41, 5.74) is -3.44. The molecule has 0 bridgehead atoms. The Morgan fingerprint density at radius 2 is 1.54 bits per heavy atom. The summed E-state index contributed by atoms with van der Waals surface area (Å²) in [5, 5.41) is 4.42. The summed E-state index contributed by atoms with van der Waals surface area (Å²) in [6.45, 7) is 0.00451. The first-order valence-corrected chi connectivity index (χ1v) is 7.60. The largest absolute Gasteiger partial charge is 0.416 e. The van der Waals surface area contributed by atoms with E-state index in [4.69, 9.17) is 16.8 Å². The first-order valence-electron chi connectivity index (χ1n) is 6.08. The second-order valence-corrected chi connectivity index (χ2v) is 5.51. The van der Waals surface area contributed by atoms with Gasteiger partial charge in [0.15, 0.2) is 5.11 Å². The fourth-order valence-electron chi connectivity index (χ4n) is 1.52. The van der Waals surface area contributed by atoms with Crippen LogP contribution in [-0.2, 0) is 23.6 Å². The minimum absolute atomic E-state index is 0.00212. The van der Waals surface area contributed by atoms with Gasteiger partial charge in [0.1, 0.15) is 0 Å². The number of benzene rings is 1. The smallest absolute Gasteiger partial charge is 0.361 e. The molecular weight excluding hydrogens is 384 g/mol. The van der Waals surface area contributed by atoms with Crippen LogP contribution in [0.4, 0.5) is 32.0 Å². The normalized spacial score (nSPS) is 13.5. The molecule has 0 amide bonds. The minimum Gasteiger partial charge on any atom is -0.361 e. The number of rotatable bonds is 5. The lowest BCUT2D eigenvalue weighted by atomic mass is 10.1. The number of hydrogen-bond donors (Lipinski definition) is 4. The average Bonchev–Trinajstić information content (AvgIpc) is 2.41. The van der Waals surface area contributed by atoms with E-state index in [0.29, 0.717) is 12.1 Å². The van der Waals surface area contributed by atoms with Gasteiger partial charge in [0.05, 0.1) is 11.1 Å². The molecule has 1 aromatic carbocycles. The van der Waals surface area contributed by atoms with Crippen molar-refractivity contribution in [1.29, 1.82) is 0 Å². The monoisotopic (exact) mass is 395 g/mol. The van der Waals surface area contributed by atoms with Crippen LogP contribution in [0.2, 0.25) is 0 Å². The number of anilines is 1. The molecule has 13 heteroatoms. The van der Waals surface area contributed by atoms with Crippen LogP contribution in [0.3, 0.4) is 0 Å². The Kier molecular flexibility index (Phi) is 6.95. The predicted molar refractivity (Wildman–Crippen MR) is 79.4 cm³/mol. The quantitative estimate of drug-likeness (QED) is 0.267. The van der Waals surface area contributed by atoms with E-state index in [-0.39, 0.29) is 24.3 Å². The van der Waals surface area contributed by atoms with Crippen LogP contribution in [-0.4, -0.2) is 27.0 Å². The molecular formula is C11H11F6N3O2S2. The van der Waals surface area contributed by atoms with E-state index >= 15 is 0 Å². The van der Waals surface area contributed by atoms with Crippen LogP contribution in [0.1, 0.15) is 11.1 Å². The summed E-state index contributed by atoms with van der Waals surface area (Å²) in [5.74, 6) is 0. The maximum Gasteiger partial charge on any atom is 0.416 e. The Morgan fingerprint density at radius 3 is 1.96 bits per heavy atom. The highest BCUT2D eigenvalue weighted by molar-refractivity contribution is 7.80. The summed E-state index contributed by atoms with van der Waals surface area (Å²) < 4.78 is 97.0. The molecule has 0 aliphatic heterocycles. The van der Waals surface area contributed by atoms with Crippen molar-refractivity contribution in [1.82, 2.24) is 10.0 Å². The van der Waals surface area contributed by atoms with Crippen LogP contribution < -0.4 is 15.4 Å². The summed E-state index contributed by atoms with van der Waals surface area (Å²) in [4.78, 5) is 0. The molecule has 4 N–H and O–H groups in total. The van der Waals surface area contributed by atoms with Gasteiger partial charge in [0.2, 0.25) is 11.3 Å². The van der Waals surface area contributed by atoms with Gasteiger partial charge >= 0.3 is 12.4 Å². The molecule has 0 saturated heterocycles. The molecule has 5 nitrogen and oxygen atoms in total. The Labute approximate surface area is 140 Å². The predicted octanol–water partition coefficient (Wildman–Crippen LogP) is 2.74. The number of hydrogen-bond acceptors (Lipinski definition) is 2. The zero-order valence-electron chi connectivity index (χ0n) is 11.6. The van der Waals surface area contributed by atoms with Gasteiger partial charge in [-0.3, -0.25) is 4.55 Å². The second kappa shape index (κ2) is 8.09. The lowest BCUT2D eigenvalue weighted by molar-refractivity contribution is -0.143. The first kappa shape index (κ1) is 20.6. The number of thiocarbonyl (C=S) groups is 1. The molecule has 1 unspecified atom stereocenters. The van der Waals surface area contributed by atoms with Crippen molar-refractivity contribution >= 4 is 34.3 Å². The maximum atomic E-state index is 12.7. The number of nitrogens with one attached hydrogen (secondary N) is 3. The minimum atomic E-state index is -4.96. The standard InChI is InChI=1S/C11H11F6N3O2S2/c12-10(13,14)6-3-7(11(15,16)17)5-8(4-6)20-9(23)18-1-2-19-24(21)22/h3-5,19H,1-2H2,(H,21,22)(H2,18,20,23). The summed E-state index contributed by atoms with van der Waals surface area (Å²) in [6.07, 6.45) is -9.91. The molecule has 0 aliphatic rings. The van der Waals surface area contributed by atoms with E-state index in [9.17, 15) is 30.6 Å². The molecule has 24 heavy (non-hydrogen) atoms. The van der Waals surface area contributed by atoms with E-state index < -0.39 is 40.4 Å². The van der Waals surface area contributed by atoms with E-state index in [2.05, 4.69) is 15.4 Å². The third-order valence-electron chi connectivity index (χ3n) is 2.48. The van der Waals surface area contributed by atoms with Crippen LogP contribution >= 0.6 is 12.2 Å². The molecule has 0 saturated carbocycles. The van der Waals surface area contributed by atoms with Crippen molar-refractivity contribution < 1.29 is 35.1 Å². The molecule has 1 rings (SSSR count). The lowest BCUT2D eigenvalue weighted by Gasteiger charge is -2.16. The van der Waals surface area contributed by atoms with Crippen LogP contribution in [0, 0.1) is 0 Å². The van der Waals surface area contributed by atoms with Crippen LogP contribution in [0.5, 0.6) is 0 Å². The van der Waals surface area contributed by atoms with Crippen molar-refractivity contribution in [3.8, 4) is 0 Å². The summed E-state index contributed by atoms with van der Waals surface area (Å²) in [7, 11) is 0. The van der Waals surface area contributed by atoms with Crippen molar-refractivity contribution in [2.45, 2.75) is 12.4 Å². The number of halogens is 6. The fourth-order valence-corrected chi connectivity index (χ4v) is 2.01. The van der Waals surface area contributed by atoms with Gasteiger partial charge in [0.25, 0.3) is 0 Å². The Balaban J connectivity index is 2.86. The van der Waals surface area contributed by atoms with Gasteiger partial charge in [-0.15, -0.1) is 0 Å². The summed E-state index contributed by atoms with van der Waals surface area (Å²) >= 11 is 2.49.